The minimum atomic E-state index is 0.208. The van der Waals surface area contributed by atoms with Crippen molar-refractivity contribution in [2.24, 2.45) is 17.7 Å². The number of aryl methyl sites for hydroxylation is 1. The molecule has 0 amide bonds. The SMILES string of the molecule is CCCn1ccnc1C(NN)C1CCC(CC)CC1. The molecule has 1 atom stereocenters. The zero-order chi connectivity index (χ0) is 13.7. The van der Waals surface area contributed by atoms with Crippen LogP contribution in [0.3, 0.4) is 0 Å². The second-order valence-corrected chi connectivity index (χ2v) is 5.81. The van der Waals surface area contributed by atoms with Crippen LogP contribution in [0.2, 0.25) is 0 Å². The maximum Gasteiger partial charge on any atom is 0.127 e. The van der Waals surface area contributed by atoms with Gasteiger partial charge in [0.25, 0.3) is 0 Å². The van der Waals surface area contributed by atoms with Crippen molar-refractivity contribution in [2.75, 3.05) is 0 Å². The van der Waals surface area contributed by atoms with E-state index in [0.717, 1.165) is 24.7 Å². The Balaban J connectivity index is 2.05. The average molecular weight is 264 g/mol. The van der Waals surface area contributed by atoms with Crippen LogP contribution < -0.4 is 11.3 Å². The first-order valence-electron chi connectivity index (χ1n) is 7.77. The number of hydrazine groups is 1. The molecular weight excluding hydrogens is 236 g/mol. The normalized spacial score (nSPS) is 25.4. The fourth-order valence-electron chi connectivity index (χ4n) is 3.38. The molecule has 0 aliphatic heterocycles. The number of nitrogens with one attached hydrogen (secondary N) is 1. The monoisotopic (exact) mass is 264 g/mol. The van der Waals surface area contributed by atoms with Crippen molar-refractivity contribution >= 4 is 0 Å². The third-order valence-corrected chi connectivity index (χ3v) is 4.61. The molecular formula is C15H28N4. The number of hydrogen-bond acceptors (Lipinski definition) is 3. The largest absolute Gasteiger partial charge is 0.334 e. The van der Waals surface area contributed by atoms with Gasteiger partial charge in [-0.2, -0.15) is 0 Å². The van der Waals surface area contributed by atoms with Crippen LogP contribution in [-0.4, -0.2) is 9.55 Å². The fourth-order valence-corrected chi connectivity index (χ4v) is 3.38. The molecule has 1 unspecified atom stereocenters. The molecule has 4 heteroatoms. The Labute approximate surface area is 116 Å². The van der Waals surface area contributed by atoms with Gasteiger partial charge in [-0.1, -0.05) is 33.1 Å². The van der Waals surface area contributed by atoms with E-state index in [9.17, 15) is 0 Å². The first-order valence-corrected chi connectivity index (χ1v) is 7.77. The van der Waals surface area contributed by atoms with Gasteiger partial charge in [0.15, 0.2) is 0 Å². The summed E-state index contributed by atoms with van der Waals surface area (Å²) in [6.45, 7) is 5.52. The maximum absolute atomic E-state index is 5.82. The Bertz CT molecular complexity index is 366. The summed E-state index contributed by atoms with van der Waals surface area (Å²) in [6.07, 6.45) is 11.6. The third kappa shape index (κ3) is 3.37. The molecule has 1 saturated carbocycles. The zero-order valence-corrected chi connectivity index (χ0v) is 12.3. The van der Waals surface area contributed by atoms with Crippen molar-refractivity contribution in [1.82, 2.24) is 15.0 Å². The van der Waals surface area contributed by atoms with Gasteiger partial charge in [-0.05, 0) is 31.1 Å². The van der Waals surface area contributed by atoms with Gasteiger partial charge in [0.05, 0.1) is 6.04 Å². The van der Waals surface area contributed by atoms with E-state index in [1.54, 1.807) is 0 Å². The van der Waals surface area contributed by atoms with Crippen LogP contribution in [0.1, 0.15) is 64.2 Å². The molecule has 1 aromatic rings. The molecule has 1 aliphatic rings. The summed E-state index contributed by atoms with van der Waals surface area (Å²) < 4.78 is 2.25. The van der Waals surface area contributed by atoms with Gasteiger partial charge in [0.1, 0.15) is 5.82 Å². The highest BCUT2D eigenvalue weighted by Gasteiger charge is 2.29. The minimum absolute atomic E-state index is 0.208. The average Bonchev–Trinajstić information content (AvgIpc) is 2.89. The molecule has 1 heterocycles. The molecule has 0 bridgehead atoms. The lowest BCUT2D eigenvalue weighted by Gasteiger charge is -2.33. The lowest BCUT2D eigenvalue weighted by atomic mass is 9.77. The molecule has 2 rings (SSSR count). The fraction of sp³-hybridized carbons (Fsp3) is 0.800. The number of imidazole rings is 1. The molecule has 0 saturated heterocycles. The Hall–Kier alpha value is -0.870. The molecule has 19 heavy (non-hydrogen) atoms. The predicted octanol–water partition coefficient (Wildman–Crippen LogP) is 3.01. The Morgan fingerprint density at radius 2 is 2.11 bits per heavy atom. The van der Waals surface area contributed by atoms with Crippen molar-refractivity contribution in [3.63, 3.8) is 0 Å². The topological polar surface area (TPSA) is 55.9 Å². The molecule has 0 spiro atoms. The summed E-state index contributed by atoms with van der Waals surface area (Å²) in [7, 11) is 0. The van der Waals surface area contributed by atoms with Crippen LogP contribution in [0.15, 0.2) is 12.4 Å². The summed E-state index contributed by atoms with van der Waals surface area (Å²) in [5, 5.41) is 0. The maximum atomic E-state index is 5.82. The quantitative estimate of drug-likeness (QED) is 0.613. The van der Waals surface area contributed by atoms with Gasteiger partial charge in [0, 0.05) is 18.9 Å². The van der Waals surface area contributed by atoms with Crippen LogP contribution in [0.4, 0.5) is 0 Å². The summed E-state index contributed by atoms with van der Waals surface area (Å²) in [5.41, 5.74) is 3.02. The highest BCUT2D eigenvalue weighted by atomic mass is 15.3. The highest BCUT2D eigenvalue weighted by molar-refractivity contribution is 5.02. The molecule has 3 N–H and O–H groups in total. The Morgan fingerprint density at radius 3 is 2.68 bits per heavy atom. The molecule has 4 nitrogen and oxygen atoms in total. The summed E-state index contributed by atoms with van der Waals surface area (Å²) in [5.74, 6) is 8.49. The molecule has 0 radical (unpaired) electrons. The number of rotatable bonds is 6. The van der Waals surface area contributed by atoms with E-state index >= 15 is 0 Å². The molecule has 1 aliphatic carbocycles. The van der Waals surface area contributed by atoms with Crippen molar-refractivity contribution in [2.45, 2.75) is 65.0 Å². The molecule has 1 fully saturated rings. The van der Waals surface area contributed by atoms with E-state index in [1.807, 2.05) is 6.20 Å². The first kappa shape index (κ1) is 14.5. The van der Waals surface area contributed by atoms with Crippen LogP contribution in [0, 0.1) is 11.8 Å². The summed E-state index contributed by atoms with van der Waals surface area (Å²) in [6, 6.07) is 0.208. The number of aromatic nitrogens is 2. The van der Waals surface area contributed by atoms with Crippen molar-refractivity contribution in [3.05, 3.63) is 18.2 Å². The van der Waals surface area contributed by atoms with Gasteiger partial charge in [-0.15, -0.1) is 0 Å². The minimum Gasteiger partial charge on any atom is -0.334 e. The molecule has 108 valence electrons. The summed E-state index contributed by atoms with van der Waals surface area (Å²) >= 11 is 0. The van der Waals surface area contributed by atoms with Crippen molar-refractivity contribution in [1.29, 1.82) is 0 Å². The van der Waals surface area contributed by atoms with Crippen molar-refractivity contribution in [3.8, 4) is 0 Å². The molecule has 0 aromatic carbocycles. The predicted molar refractivity (Wildman–Crippen MR) is 78.3 cm³/mol. The van der Waals surface area contributed by atoms with Gasteiger partial charge >= 0.3 is 0 Å². The second kappa shape index (κ2) is 7.06. The van der Waals surface area contributed by atoms with Crippen LogP contribution in [0.5, 0.6) is 0 Å². The lowest BCUT2D eigenvalue weighted by Crippen LogP contribution is -2.37. The number of nitrogens with two attached hydrogens (primary N) is 1. The van der Waals surface area contributed by atoms with Gasteiger partial charge in [-0.3, -0.25) is 5.84 Å². The Kier molecular flexibility index (Phi) is 5.40. The van der Waals surface area contributed by atoms with E-state index in [2.05, 4.69) is 35.0 Å². The number of nitrogens with zero attached hydrogens (tertiary/aromatic N) is 2. The van der Waals surface area contributed by atoms with Gasteiger partial charge in [0.2, 0.25) is 0 Å². The lowest BCUT2D eigenvalue weighted by molar-refractivity contribution is 0.211. The van der Waals surface area contributed by atoms with Crippen LogP contribution >= 0.6 is 0 Å². The zero-order valence-electron chi connectivity index (χ0n) is 12.3. The van der Waals surface area contributed by atoms with E-state index in [1.165, 1.54) is 32.1 Å². The van der Waals surface area contributed by atoms with Crippen molar-refractivity contribution < 1.29 is 0 Å². The first-order chi connectivity index (χ1) is 9.30. The smallest absolute Gasteiger partial charge is 0.127 e. The van der Waals surface area contributed by atoms with Gasteiger partial charge < -0.3 is 4.57 Å². The van der Waals surface area contributed by atoms with E-state index < -0.39 is 0 Å². The summed E-state index contributed by atoms with van der Waals surface area (Å²) in [4.78, 5) is 4.54. The molecule has 1 aromatic heterocycles. The highest BCUT2D eigenvalue weighted by Crippen LogP contribution is 2.37. The van der Waals surface area contributed by atoms with Crippen LogP contribution in [0.25, 0.3) is 0 Å². The van der Waals surface area contributed by atoms with Crippen LogP contribution in [-0.2, 0) is 6.54 Å². The second-order valence-electron chi connectivity index (χ2n) is 5.81. The number of hydrogen-bond donors (Lipinski definition) is 2. The van der Waals surface area contributed by atoms with E-state index in [-0.39, 0.29) is 6.04 Å². The van der Waals surface area contributed by atoms with E-state index in [0.29, 0.717) is 5.92 Å². The third-order valence-electron chi connectivity index (χ3n) is 4.61. The van der Waals surface area contributed by atoms with Gasteiger partial charge in [-0.25, -0.2) is 10.4 Å². The Morgan fingerprint density at radius 1 is 1.37 bits per heavy atom. The standard InChI is InChI=1S/C15H28N4/c1-3-10-19-11-9-17-15(19)14(18-16)13-7-5-12(4-2)6-8-13/h9,11-14,18H,3-8,10,16H2,1-2H3. The van der Waals surface area contributed by atoms with E-state index in [4.69, 9.17) is 5.84 Å².